The third-order valence-corrected chi connectivity index (χ3v) is 5.39. The number of aromatic nitrogens is 3. The Morgan fingerprint density at radius 2 is 1.93 bits per heavy atom. The number of aryl methyl sites for hydroxylation is 1. The molecule has 6 nitrogen and oxygen atoms in total. The Hall–Kier alpha value is -1.94. The summed E-state index contributed by atoms with van der Waals surface area (Å²) in [7, 11) is 1.96. The van der Waals surface area contributed by atoms with Gasteiger partial charge in [-0.05, 0) is 29.9 Å². The van der Waals surface area contributed by atoms with Crippen LogP contribution in [0.2, 0.25) is 0 Å². The van der Waals surface area contributed by atoms with E-state index in [0.717, 1.165) is 30.7 Å². The molecule has 0 saturated carbocycles. The van der Waals surface area contributed by atoms with Crippen molar-refractivity contribution < 1.29 is 0 Å². The van der Waals surface area contributed by atoms with Crippen molar-refractivity contribution in [1.29, 1.82) is 0 Å². The maximum absolute atomic E-state index is 4.71. The van der Waals surface area contributed by atoms with Gasteiger partial charge in [-0.3, -0.25) is 0 Å². The first-order chi connectivity index (χ1) is 13.1. The second-order valence-corrected chi connectivity index (χ2v) is 7.55. The van der Waals surface area contributed by atoms with Gasteiger partial charge in [-0.1, -0.05) is 43.3 Å². The Morgan fingerprint density at radius 3 is 2.57 bits per heavy atom. The minimum Gasteiger partial charge on any atom is -0.356 e. The van der Waals surface area contributed by atoms with Crippen LogP contribution in [0.5, 0.6) is 0 Å². The molecular formula is C20H27IN6S. The molecule has 8 heteroatoms. The molecule has 1 atom stereocenters. The topological polar surface area (TPSA) is 67.1 Å². The van der Waals surface area contributed by atoms with Crippen molar-refractivity contribution in [3.8, 4) is 0 Å². The quantitative estimate of drug-likeness (QED) is 0.288. The van der Waals surface area contributed by atoms with E-state index in [1.54, 1.807) is 11.3 Å². The van der Waals surface area contributed by atoms with Crippen molar-refractivity contribution >= 4 is 41.3 Å². The molecule has 0 aliphatic carbocycles. The highest BCUT2D eigenvalue weighted by molar-refractivity contribution is 14.0. The molecule has 0 aliphatic rings. The van der Waals surface area contributed by atoms with Gasteiger partial charge in [0.25, 0.3) is 0 Å². The number of rotatable bonds is 7. The van der Waals surface area contributed by atoms with Gasteiger partial charge in [-0.25, -0.2) is 4.99 Å². The smallest absolute Gasteiger partial charge is 0.192 e. The molecule has 2 aromatic heterocycles. The van der Waals surface area contributed by atoms with Gasteiger partial charge in [0, 0.05) is 18.5 Å². The van der Waals surface area contributed by atoms with E-state index in [2.05, 4.69) is 69.5 Å². The number of nitrogens with one attached hydrogen (secondary N) is 2. The number of aliphatic imine (C=N–C) groups is 1. The summed E-state index contributed by atoms with van der Waals surface area (Å²) in [5.41, 5.74) is 1.31. The average Bonchev–Trinajstić information content (AvgIpc) is 3.33. The standard InChI is InChI=1S/C20H26N6S.HI/c1-15(17-8-5-4-6-9-17)12-21-20(22-13-18-10-7-11-27-18)23-14-19-25-24-16(2)26(19)3;/h4-11,15H,12-14H2,1-3H3,(H2,21,22,23);1H. The molecule has 1 unspecified atom stereocenters. The van der Waals surface area contributed by atoms with Crippen LogP contribution in [0.3, 0.4) is 0 Å². The number of nitrogens with zero attached hydrogens (tertiary/aromatic N) is 4. The average molecular weight is 510 g/mol. The number of halogens is 1. The number of benzene rings is 1. The first kappa shape index (κ1) is 22.4. The first-order valence-electron chi connectivity index (χ1n) is 9.08. The summed E-state index contributed by atoms with van der Waals surface area (Å²) in [6.07, 6.45) is 0. The Bertz CT molecular complexity index is 860. The van der Waals surface area contributed by atoms with Crippen LogP contribution in [0.1, 0.15) is 34.9 Å². The largest absolute Gasteiger partial charge is 0.356 e. The fourth-order valence-corrected chi connectivity index (χ4v) is 3.29. The summed E-state index contributed by atoms with van der Waals surface area (Å²) in [6.45, 7) is 6.19. The van der Waals surface area contributed by atoms with Crippen LogP contribution in [0.25, 0.3) is 0 Å². The Labute approximate surface area is 187 Å². The van der Waals surface area contributed by atoms with Gasteiger partial charge in [0.1, 0.15) is 12.4 Å². The van der Waals surface area contributed by atoms with E-state index >= 15 is 0 Å². The summed E-state index contributed by atoms with van der Waals surface area (Å²) in [5, 5.41) is 17.3. The number of hydrogen-bond donors (Lipinski definition) is 2. The van der Waals surface area contributed by atoms with Crippen LogP contribution < -0.4 is 10.6 Å². The third-order valence-electron chi connectivity index (χ3n) is 4.52. The second kappa shape index (κ2) is 11.2. The molecule has 0 aliphatic heterocycles. The van der Waals surface area contributed by atoms with Crippen LogP contribution >= 0.6 is 35.3 Å². The van der Waals surface area contributed by atoms with E-state index in [4.69, 9.17) is 4.99 Å². The van der Waals surface area contributed by atoms with Gasteiger partial charge < -0.3 is 15.2 Å². The molecule has 0 fully saturated rings. The lowest BCUT2D eigenvalue weighted by molar-refractivity contribution is 0.692. The van der Waals surface area contributed by atoms with E-state index in [-0.39, 0.29) is 24.0 Å². The maximum atomic E-state index is 4.71. The molecule has 3 aromatic rings. The fraction of sp³-hybridized carbons (Fsp3) is 0.350. The number of guanidine groups is 1. The molecule has 2 N–H and O–H groups in total. The normalized spacial score (nSPS) is 12.3. The van der Waals surface area contributed by atoms with Gasteiger partial charge >= 0.3 is 0 Å². The number of hydrogen-bond acceptors (Lipinski definition) is 4. The Balaban J connectivity index is 0.00000280. The van der Waals surface area contributed by atoms with E-state index < -0.39 is 0 Å². The molecule has 0 amide bonds. The monoisotopic (exact) mass is 510 g/mol. The molecule has 0 saturated heterocycles. The lowest BCUT2D eigenvalue weighted by Crippen LogP contribution is -2.38. The van der Waals surface area contributed by atoms with Crippen molar-refractivity contribution in [2.75, 3.05) is 6.54 Å². The highest BCUT2D eigenvalue weighted by atomic mass is 127. The summed E-state index contributed by atoms with van der Waals surface area (Å²) in [6, 6.07) is 14.7. The van der Waals surface area contributed by atoms with Gasteiger partial charge in [-0.15, -0.1) is 45.5 Å². The van der Waals surface area contributed by atoms with Gasteiger partial charge in [0.2, 0.25) is 0 Å². The summed E-state index contributed by atoms with van der Waals surface area (Å²) in [4.78, 5) is 5.98. The molecular weight excluding hydrogens is 483 g/mol. The van der Waals surface area contributed by atoms with Crippen molar-refractivity contribution in [2.45, 2.75) is 32.9 Å². The lowest BCUT2D eigenvalue weighted by Gasteiger charge is -2.16. The molecule has 0 bridgehead atoms. The van der Waals surface area contributed by atoms with E-state index in [0.29, 0.717) is 12.5 Å². The molecule has 150 valence electrons. The highest BCUT2D eigenvalue weighted by Crippen LogP contribution is 2.13. The molecule has 28 heavy (non-hydrogen) atoms. The second-order valence-electron chi connectivity index (χ2n) is 6.51. The van der Waals surface area contributed by atoms with E-state index in [1.807, 2.05) is 24.6 Å². The Kier molecular flexibility index (Phi) is 8.91. The summed E-state index contributed by atoms with van der Waals surface area (Å²) >= 11 is 1.73. The Morgan fingerprint density at radius 1 is 1.14 bits per heavy atom. The molecule has 3 rings (SSSR count). The van der Waals surface area contributed by atoms with Gasteiger partial charge in [0.05, 0.1) is 6.54 Å². The van der Waals surface area contributed by atoms with Gasteiger partial charge in [-0.2, -0.15) is 0 Å². The van der Waals surface area contributed by atoms with Crippen molar-refractivity contribution in [3.05, 3.63) is 69.9 Å². The molecule has 1 aromatic carbocycles. The molecule has 2 heterocycles. The predicted molar refractivity (Wildman–Crippen MR) is 126 cm³/mol. The number of thiophene rings is 1. The van der Waals surface area contributed by atoms with Crippen molar-refractivity contribution in [3.63, 3.8) is 0 Å². The van der Waals surface area contributed by atoms with Crippen molar-refractivity contribution in [2.24, 2.45) is 12.0 Å². The molecule has 0 spiro atoms. The van der Waals surface area contributed by atoms with Crippen LogP contribution in [0, 0.1) is 6.92 Å². The van der Waals surface area contributed by atoms with E-state index in [9.17, 15) is 0 Å². The summed E-state index contributed by atoms with van der Waals surface area (Å²) < 4.78 is 1.97. The van der Waals surface area contributed by atoms with Crippen LogP contribution in [-0.2, 0) is 20.1 Å². The van der Waals surface area contributed by atoms with Crippen molar-refractivity contribution in [1.82, 2.24) is 25.4 Å². The maximum Gasteiger partial charge on any atom is 0.192 e. The minimum atomic E-state index is 0. The highest BCUT2D eigenvalue weighted by Gasteiger charge is 2.08. The van der Waals surface area contributed by atoms with Crippen LogP contribution in [0.4, 0.5) is 0 Å². The minimum absolute atomic E-state index is 0. The van der Waals surface area contributed by atoms with E-state index in [1.165, 1.54) is 10.4 Å². The SMILES string of the molecule is Cc1nnc(CN=C(NCc2cccs2)NCC(C)c2ccccc2)n1C.I. The van der Waals surface area contributed by atoms with Crippen LogP contribution in [-0.4, -0.2) is 27.3 Å². The molecule has 0 radical (unpaired) electrons. The first-order valence-corrected chi connectivity index (χ1v) is 9.96. The predicted octanol–water partition coefficient (Wildman–Crippen LogP) is 3.84. The lowest BCUT2D eigenvalue weighted by atomic mass is 10.0. The summed E-state index contributed by atoms with van der Waals surface area (Å²) in [5.74, 6) is 2.91. The van der Waals surface area contributed by atoms with Gasteiger partial charge in [0.15, 0.2) is 11.8 Å². The zero-order valence-corrected chi connectivity index (χ0v) is 19.6. The zero-order chi connectivity index (χ0) is 19.1. The zero-order valence-electron chi connectivity index (χ0n) is 16.4. The fourth-order valence-electron chi connectivity index (χ4n) is 2.65. The van der Waals surface area contributed by atoms with Crippen LogP contribution in [0.15, 0.2) is 52.8 Å². The third kappa shape index (κ3) is 6.30.